The molecule has 5 heteroatoms. The third-order valence-corrected chi connectivity index (χ3v) is 9.39. The first-order valence-electron chi connectivity index (χ1n) is 17.4. The lowest BCUT2D eigenvalue weighted by Gasteiger charge is -2.15. The third-order valence-electron chi connectivity index (χ3n) is 9.39. The summed E-state index contributed by atoms with van der Waals surface area (Å²) in [6.45, 7) is 11.1. The normalized spacial score (nSPS) is 11.5. The maximum absolute atomic E-state index is 6.63. The summed E-state index contributed by atoms with van der Waals surface area (Å²) in [5, 5.41) is 7.71. The summed E-state index contributed by atoms with van der Waals surface area (Å²) in [6.07, 6.45) is 8.29. The number of unbranched alkanes of at least 4 members (excludes halogenated alkanes) is 2. The summed E-state index contributed by atoms with van der Waals surface area (Å²) < 4.78 is 11.1. The number of hydrogen-bond donors (Lipinski definition) is 0. The summed E-state index contributed by atoms with van der Waals surface area (Å²) in [7, 11) is 0. The van der Waals surface area contributed by atoms with Crippen LogP contribution in [0, 0.1) is 20.8 Å². The molecule has 5 nitrogen and oxygen atoms in total. The minimum Gasteiger partial charge on any atom is -0.457 e. The van der Waals surface area contributed by atoms with E-state index in [4.69, 9.17) is 14.8 Å². The number of para-hydroxylation sites is 1. The highest BCUT2D eigenvalue weighted by atomic mass is 16.5. The Bertz CT molecular complexity index is 2220. The Labute approximate surface area is 283 Å². The Morgan fingerprint density at radius 2 is 1.38 bits per heavy atom. The fraction of sp³-hybridized carbons (Fsp3) is 0.256. The number of ether oxygens (including phenoxy) is 1. The molecule has 0 radical (unpaired) electrons. The number of benzene rings is 4. The van der Waals surface area contributed by atoms with Crippen LogP contribution in [0.2, 0.25) is 0 Å². The zero-order chi connectivity index (χ0) is 33.2. The van der Waals surface area contributed by atoms with Crippen LogP contribution in [0.4, 0.5) is 0 Å². The quantitative estimate of drug-likeness (QED) is 0.143. The van der Waals surface area contributed by atoms with Crippen LogP contribution in [0.5, 0.6) is 11.5 Å². The highest BCUT2D eigenvalue weighted by molar-refractivity contribution is 6.09. The predicted octanol–water partition coefficient (Wildman–Crippen LogP) is 11.4. The van der Waals surface area contributed by atoms with Gasteiger partial charge in [-0.05, 0) is 111 Å². The van der Waals surface area contributed by atoms with Crippen molar-refractivity contribution in [1.82, 2.24) is 19.3 Å². The van der Waals surface area contributed by atoms with Crippen molar-refractivity contribution < 1.29 is 4.74 Å². The molecule has 0 aliphatic heterocycles. The van der Waals surface area contributed by atoms with Crippen molar-refractivity contribution in [2.45, 2.75) is 73.1 Å². The third kappa shape index (κ3) is 5.90. The number of aromatic nitrogens is 4. The molecule has 0 bridgehead atoms. The van der Waals surface area contributed by atoms with Crippen LogP contribution in [-0.4, -0.2) is 19.3 Å². The Morgan fingerprint density at radius 1 is 0.646 bits per heavy atom. The van der Waals surface area contributed by atoms with Crippen LogP contribution >= 0.6 is 0 Å². The molecule has 3 aromatic heterocycles. The summed E-state index contributed by atoms with van der Waals surface area (Å²) in [5.41, 5.74) is 12.1. The molecule has 0 amide bonds. The molecular weight excluding hydrogens is 589 g/mol. The van der Waals surface area contributed by atoms with Gasteiger partial charge in [0.2, 0.25) is 0 Å². The van der Waals surface area contributed by atoms with Crippen LogP contribution in [0.1, 0.15) is 67.6 Å². The van der Waals surface area contributed by atoms with Gasteiger partial charge in [0, 0.05) is 34.7 Å². The van der Waals surface area contributed by atoms with Crippen LogP contribution in [0.15, 0.2) is 103 Å². The van der Waals surface area contributed by atoms with E-state index in [0.717, 1.165) is 72.6 Å². The number of fused-ring (bicyclic) bond motifs is 3. The number of aryl methyl sites for hydroxylation is 4. The fourth-order valence-corrected chi connectivity index (χ4v) is 7.03. The summed E-state index contributed by atoms with van der Waals surface area (Å²) in [5.74, 6) is 2.46. The van der Waals surface area contributed by atoms with Gasteiger partial charge in [0.05, 0.1) is 28.1 Å². The maximum atomic E-state index is 6.63. The van der Waals surface area contributed by atoms with Gasteiger partial charge in [-0.2, -0.15) is 5.10 Å². The molecule has 7 aromatic rings. The largest absolute Gasteiger partial charge is 0.457 e. The smallest absolute Gasteiger partial charge is 0.137 e. The molecule has 0 atom stereocenters. The first-order valence-corrected chi connectivity index (χ1v) is 17.4. The van der Waals surface area contributed by atoms with Crippen molar-refractivity contribution in [3.05, 3.63) is 131 Å². The number of pyridine rings is 1. The minimum absolute atomic E-state index is 0.780. The highest BCUT2D eigenvalue weighted by Crippen LogP contribution is 2.38. The van der Waals surface area contributed by atoms with E-state index in [2.05, 4.69) is 129 Å². The van der Waals surface area contributed by atoms with Crippen molar-refractivity contribution in [2.24, 2.45) is 0 Å². The monoisotopic (exact) mass is 632 g/mol. The SMILES string of the molecule is CCCCc1nn(-c2cccc(Oc3ccc4c5ccccc5n(-c5cc(C)ccn5)c4c3)c2)c(CCCC)c1-c1c(C)cccc1C. The van der Waals surface area contributed by atoms with E-state index in [1.165, 1.54) is 50.0 Å². The fourth-order valence-electron chi connectivity index (χ4n) is 7.03. The van der Waals surface area contributed by atoms with Crippen molar-refractivity contribution in [3.8, 4) is 34.1 Å². The average Bonchev–Trinajstić information content (AvgIpc) is 3.61. The first-order chi connectivity index (χ1) is 23.5. The molecule has 3 heterocycles. The van der Waals surface area contributed by atoms with Gasteiger partial charge in [0.1, 0.15) is 17.3 Å². The summed E-state index contributed by atoms with van der Waals surface area (Å²) in [6, 6.07) is 34.0. The zero-order valence-corrected chi connectivity index (χ0v) is 28.8. The van der Waals surface area contributed by atoms with Gasteiger partial charge in [-0.3, -0.25) is 4.57 Å². The molecule has 0 saturated carbocycles. The Hall–Kier alpha value is -5.16. The number of rotatable bonds is 11. The molecule has 0 fully saturated rings. The topological polar surface area (TPSA) is 44.9 Å². The molecule has 0 aliphatic carbocycles. The van der Waals surface area contributed by atoms with E-state index in [1.807, 2.05) is 18.3 Å². The van der Waals surface area contributed by atoms with Gasteiger partial charge < -0.3 is 4.74 Å². The van der Waals surface area contributed by atoms with E-state index in [-0.39, 0.29) is 0 Å². The number of nitrogens with zero attached hydrogens (tertiary/aromatic N) is 4. The van der Waals surface area contributed by atoms with Gasteiger partial charge in [-0.1, -0.05) is 69.2 Å². The van der Waals surface area contributed by atoms with Crippen molar-refractivity contribution in [3.63, 3.8) is 0 Å². The Balaban J connectivity index is 1.32. The standard InChI is InChI=1S/C43H44N4O/c1-6-8-19-37-43(42-30(4)14-12-15-31(42)5)39(20-9-7-2)47(45-37)32-16-13-17-33(27-32)48-34-22-23-36-35-18-10-11-21-38(35)46(40(36)28-34)41-26-29(3)24-25-44-41/h10-18,21-28H,6-9,19-20H2,1-5H3. The van der Waals surface area contributed by atoms with Crippen molar-refractivity contribution >= 4 is 21.8 Å². The van der Waals surface area contributed by atoms with Crippen LogP contribution < -0.4 is 4.74 Å². The molecule has 4 aromatic carbocycles. The molecule has 242 valence electrons. The molecule has 0 unspecified atom stereocenters. The second-order valence-corrected chi connectivity index (χ2v) is 13.0. The molecule has 48 heavy (non-hydrogen) atoms. The minimum atomic E-state index is 0.780. The molecule has 0 aliphatic rings. The summed E-state index contributed by atoms with van der Waals surface area (Å²) >= 11 is 0. The van der Waals surface area contributed by atoms with Gasteiger partial charge in [-0.25, -0.2) is 9.67 Å². The van der Waals surface area contributed by atoms with E-state index in [1.54, 1.807) is 0 Å². The summed E-state index contributed by atoms with van der Waals surface area (Å²) in [4.78, 5) is 4.74. The van der Waals surface area contributed by atoms with E-state index < -0.39 is 0 Å². The first kappa shape index (κ1) is 31.4. The second kappa shape index (κ2) is 13.5. The molecule has 0 saturated heterocycles. The zero-order valence-electron chi connectivity index (χ0n) is 28.8. The van der Waals surface area contributed by atoms with Gasteiger partial charge in [0.25, 0.3) is 0 Å². The van der Waals surface area contributed by atoms with Crippen molar-refractivity contribution in [2.75, 3.05) is 0 Å². The lowest BCUT2D eigenvalue weighted by atomic mass is 9.91. The Kier molecular flexibility index (Phi) is 8.86. The molecule has 7 rings (SSSR count). The van der Waals surface area contributed by atoms with Gasteiger partial charge in [-0.15, -0.1) is 0 Å². The average molecular weight is 633 g/mol. The second-order valence-electron chi connectivity index (χ2n) is 13.0. The molecule has 0 N–H and O–H groups in total. The van der Waals surface area contributed by atoms with Crippen LogP contribution in [-0.2, 0) is 12.8 Å². The van der Waals surface area contributed by atoms with Crippen LogP contribution in [0.3, 0.4) is 0 Å². The van der Waals surface area contributed by atoms with E-state index in [9.17, 15) is 0 Å². The Morgan fingerprint density at radius 3 is 2.17 bits per heavy atom. The highest BCUT2D eigenvalue weighted by Gasteiger charge is 2.23. The number of hydrogen-bond acceptors (Lipinski definition) is 3. The van der Waals surface area contributed by atoms with E-state index in [0.29, 0.717) is 0 Å². The van der Waals surface area contributed by atoms with Crippen molar-refractivity contribution in [1.29, 1.82) is 0 Å². The van der Waals surface area contributed by atoms with E-state index >= 15 is 0 Å². The van der Waals surface area contributed by atoms with Gasteiger partial charge >= 0.3 is 0 Å². The van der Waals surface area contributed by atoms with Gasteiger partial charge in [0.15, 0.2) is 0 Å². The maximum Gasteiger partial charge on any atom is 0.137 e. The van der Waals surface area contributed by atoms with Crippen LogP contribution in [0.25, 0.3) is 44.4 Å². The molecule has 0 spiro atoms. The lowest BCUT2D eigenvalue weighted by molar-refractivity contribution is 0.482. The predicted molar refractivity (Wildman–Crippen MR) is 199 cm³/mol. The molecular formula is C43H44N4O. The lowest BCUT2D eigenvalue weighted by Crippen LogP contribution is -2.04.